The topological polar surface area (TPSA) is 68.3 Å². The van der Waals surface area contributed by atoms with Crippen LogP contribution in [0.1, 0.15) is 12.7 Å². The van der Waals surface area contributed by atoms with E-state index in [2.05, 4.69) is 27.9 Å². The molecule has 3 N–H and O–H groups in total. The normalized spacial score (nSPS) is 12.8. The highest BCUT2D eigenvalue weighted by molar-refractivity contribution is 14.1. The van der Waals surface area contributed by atoms with Gasteiger partial charge in [-0.15, -0.1) is 0 Å². The average molecular weight is 294 g/mol. The van der Waals surface area contributed by atoms with Crippen LogP contribution in [0, 0.1) is 3.77 Å². The lowest BCUT2D eigenvalue weighted by Gasteiger charge is -2.07. The minimum Gasteiger partial charge on any atom is -0.454 e. The molecule has 0 spiro atoms. The van der Waals surface area contributed by atoms with E-state index in [1.54, 1.807) is 6.92 Å². The van der Waals surface area contributed by atoms with E-state index >= 15 is 0 Å². The lowest BCUT2D eigenvalue weighted by Crippen LogP contribution is -2.38. The standard InChI is InChI=1S/C8H11IN2O2/c1-5(8(10)12)11-4-6-2-3-7(9)13-6/h2-3,5,11H,4H2,1H3,(H2,10,12). The van der Waals surface area contributed by atoms with Gasteiger partial charge in [0.05, 0.1) is 12.6 Å². The van der Waals surface area contributed by atoms with Gasteiger partial charge in [-0.3, -0.25) is 10.1 Å². The molecule has 1 amide bonds. The Morgan fingerprint density at radius 3 is 2.92 bits per heavy atom. The molecular weight excluding hydrogens is 283 g/mol. The molecular formula is C8H11IN2O2. The van der Waals surface area contributed by atoms with Gasteiger partial charge in [-0.05, 0) is 41.6 Å². The van der Waals surface area contributed by atoms with Gasteiger partial charge in [-0.25, -0.2) is 0 Å². The molecule has 0 saturated carbocycles. The molecule has 1 aromatic heterocycles. The molecule has 5 heteroatoms. The van der Waals surface area contributed by atoms with Crippen molar-refractivity contribution < 1.29 is 9.21 Å². The third kappa shape index (κ3) is 3.35. The van der Waals surface area contributed by atoms with Crippen molar-refractivity contribution in [2.45, 2.75) is 19.5 Å². The Morgan fingerprint density at radius 2 is 2.46 bits per heavy atom. The minimum absolute atomic E-state index is 0.331. The van der Waals surface area contributed by atoms with Crippen molar-refractivity contribution in [3.05, 3.63) is 21.7 Å². The Kier molecular flexibility index (Phi) is 3.73. The predicted octanol–water partition coefficient (Wildman–Crippen LogP) is 0.848. The summed E-state index contributed by atoms with van der Waals surface area (Å²) in [7, 11) is 0. The molecule has 1 aromatic rings. The van der Waals surface area contributed by atoms with Crippen LogP contribution in [-0.4, -0.2) is 11.9 Å². The maximum absolute atomic E-state index is 10.7. The number of furan rings is 1. The van der Waals surface area contributed by atoms with Gasteiger partial charge in [0.25, 0.3) is 0 Å². The number of primary amides is 1. The van der Waals surface area contributed by atoms with E-state index in [1.165, 1.54) is 0 Å². The highest BCUT2D eigenvalue weighted by Gasteiger charge is 2.08. The number of hydrogen-bond acceptors (Lipinski definition) is 3. The largest absolute Gasteiger partial charge is 0.454 e. The van der Waals surface area contributed by atoms with Gasteiger partial charge >= 0.3 is 0 Å². The summed E-state index contributed by atoms with van der Waals surface area (Å²) in [6.07, 6.45) is 0. The zero-order valence-electron chi connectivity index (χ0n) is 7.21. The lowest BCUT2D eigenvalue weighted by atomic mass is 10.3. The Hall–Kier alpha value is -0.560. The van der Waals surface area contributed by atoms with E-state index in [0.29, 0.717) is 6.54 Å². The molecule has 1 unspecified atom stereocenters. The van der Waals surface area contributed by atoms with Crippen LogP contribution in [0.25, 0.3) is 0 Å². The summed E-state index contributed by atoms with van der Waals surface area (Å²) in [6.45, 7) is 2.24. The number of hydrogen-bond donors (Lipinski definition) is 2. The molecule has 1 heterocycles. The van der Waals surface area contributed by atoms with Crippen LogP contribution >= 0.6 is 22.6 Å². The number of carbonyl (C=O) groups excluding carboxylic acids is 1. The summed E-state index contributed by atoms with van der Waals surface area (Å²) in [5.74, 6) is 0.443. The van der Waals surface area contributed by atoms with Gasteiger partial charge in [-0.2, -0.15) is 0 Å². The summed E-state index contributed by atoms with van der Waals surface area (Å²) in [5.41, 5.74) is 5.07. The van der Waals surface area contributed by atoms with Gasteiger partial charge in [0.1, 0.15) is 5.76 Å². The Morgan fingerprint density at radius 1 is 1.77 bits per heavy atom. The Labute approximate surface area is 90.0 Å². The molecule has 0 aliphatic rings. The molecule has 0 fully saturated rings. The fraction of sp³-hybridized carbons (Fsp3) is 0.375. The van der Waals surface area contributed by atoms with Crippen LogP contribution < -0.4 is 11.1 Å². The van der Waals surface area contributed by atoms with Gasteiger partial charge in [0, 0.05) is 0 Å². The van der Waals surface area contributed by atoms with Crippen molar-refractivity contribution in [3.63, 3.8) is 0 Å². The second-order valence-electron chi connectivity index (χ2n) is 2.71. The van der Waals surface area contributed by atoms with Crippen molar-refractivity contribution >= 4 is 28.5 Å². The summed E-state index contributed by atoms with van der Waals surface area (Å²) >= 11 is 2.08. The number of halogens is 1. The first-order valence-corrected chi connectivity index (χ1v) is 4.94. The van der Waals surface area contributed by atoms with Gasteiger partial charge in [-0.1, -0.05) is 0 Å². The number of carbonyl (C=O) groups is 1. The van der Waals surface area contributed by atoms with Crippen LogP contribution in [0.2, 0.25) is 0 Å². The van der Waals surface area contributed by atoms with E-state index in [0.717, 1.165) is 9.53 Å². The highest BCUT2D eigenvalue weighted by Crippen LogP contribution is 2.09. The Bertz CT molecular complexity index is 298. The van der Waals surface area contributed by atoms with E-state index in [4.69, 9.17) is 10.2 Å². The third-order valence-corrected chi connectivity index (χ3v) is 2.22. The highest BCUT2D eigenvalue weighted by atomic mass is 127. The smallest absolute Gasteiger partial charge is 0.234 e. The minimum atomic E-state index is -0.360. The third-order valence-electron chi connectivity index (χ3n) is 1.64. The van der Waals surface area contributed by atoms with Gasteiger partial charge < -0.3 is 10.2 Å². The molecule has 1 rings (SSSR count). The van der Waals surface area contributed by atoms with E-state index in [-0.39, 0.29) is 11.9 Å². The number of nitrogens with two attached hydrogens (primary N) is 1. The lowest BCUT2D eigenvalue weighted by molar-refractivity contribution is -0.119. The molecule has 0 aliphatic heterocycles. The van der Waals surface area contributed by atoms with Crippen molar-refractivity contribution in [2.75, 3.05) is 0 Å². The van der Waals surface area contributed by atoms with Crippen molar-refractivity contribution in [1.29, 1.82) is 0 Å². The number of amides is 1. The summed E-state index contributed by atoms with van der Waals surface area (Å²) in [6, 6.07) is 3.40. The second kappa shape index (κ2) is 4.61. The van der Waals surface area contributed by atoms with E-state index in [9.17, 15) is 4.79 Å². The first-order chi connectivity index (χ1) is 6.09. The summed E-state index contributed by atoms with van der Waals surface area (Å²) < 4.78 is 6.12. The number of rotatable bonds is 4. The first kappa shape index (κ1) is 10.5. The second-order valence-corrected chi connectivity index (χ2v) is 3.77. The molecule has 72 valence electrons. The van der Waals surface area contributed by atoms with Gasteiger partial charge in [0.2, 0.25) is 5.91 Å². The first-order valence-electron chi connectivity index (χ1n) is 3.86. The monoisotopic (exact) mass is 294 g/mol. The zero-order valence-corrected chi connectivity index (χ0v) is 9.37. The molecule has 0 saturated heterocycles. The molecule has 1 atom stereocenters. The van der Waals surface area contributed by atoms with Crippen LogP contribution in [0.5, 0.6) is 0 Å². The SMILES string of the molecule is CC(NCc1ccc(I)o1)C(N)=O. The summed E-state index contributed by atoms with van der Waals surface area (Å²) in [4.78, 5) is 10.7. The van der Waals surface area contributed by atoms with Crippen LogP contribution in [-0.2, 0) is 11.3 Å². The molecule has 0 bridgehead atoms. The summed E-state index contributed by atoms with van der Waals surface area (Å²) in [5, 5.41) is 2.94. The average Bonchev–Trinajstić information content (AvgIpc) is 2.47. The Balaban J connectivity index is 2.39. The maximum Gasteiger partial charge on any atom is 0.234 e. The predicted molar refractivity (Wildman–Crippen MR) is 56.9 cm³/mol. The molecule has 4 nitrogen and oxygen atoms in total. The van der Waals surface area contributed by atoms with E-state index in [1.807, 2.05) is 12.1 Å². The van der Waals surface area contributed by atoms with Gasteiger partial charge in [0.15, 0.2) is 3.77 Å². The molecule has 0 aromatic carbocycles. The van der Waals surface area contributed by atoms with E-state index < -0.39 is 0 Å². The fourth-order valence-electron chi connectivity index (χ4n) is 0.801. The van der Waals surface area contributed by atoms with Crippen LogP contribution in [0.15, 0.2) is 16.5 Å². The van der Waals surface area contributed by atoms with Crippen LogP contribution in [0.3, 0.4) is 0 Å². The van der Waals surface area contributed by atoms with Crippen molar-refractivity contribution in [3.8, 4) is 0 Å². The molecule has 0 aliphatic carbocycles. The molecule has 13 heavy (non-hydrogen) atoms. The zero-order chi connectivity index (χ0) is 9.84. The van der Waals surface area contributed by atoms with Crippen LogP contribution in [0.4, 0.5) is 0 Å². The number of nitrogens with one attached hydrogen (secondary N) is 1. The maximum atomic E-state index is 10.7. The molecule has 0 radical (unpaired) electrons. The fourth-order valence-corrected chi connectivity index (χ4v) is 1.26. The van der Waals surface area contributed by atoms with Crippen molar-refractivity contribution in [2.24, 2.45) is 5.73 Å². The quantitative estimate of drug-likeness (QED) is 0.809. The van der Waals surface area contributed by atoms with Crippen molar-refractivity contribution in [1.82, 2.24) is 5.32 Å².